The van der Waals surface area contributed by atoms with Gasteiger partial charge in [0.25, 0.3) is 5.91 Å². The van der Waals surface area contributed by atoms with Crippen molar-refractivity contribution in [2.75, 3.05) is 20.7 Å². The summed E-state index contributed by atoms with van der Waals surface area (Å²) in [6.07, 6.45) is 0.0665. The molecule has 6 nitrogen and oxygen atoms in total. The van der Waals surface area contributed by atoms with Gasteiger partial charge in [-0.05, 0) is 19.1 Å². The molecule has 1 saturated heterocycles. The fourth-order valence-corrected chi connectivity index (χ4v) is 2.65. The Balaban J connectivity index is 2.55. The lowest BCUT2D eigenvalue weighted by Gasteiger charge is -2.17. The lowest BCUT2D eigenvalue weighted by atomic mass is 9.91. The molecule has 1 aromatic rings. The Kier molecular flexibility index (Phi) is 4.26. The number of rotatable bonds is 4. The summed E-state index contributed by atoms with van der Waals surface area (Å²) >= 11 is 0. The van der Waals surface area contributed by atoms with Gasteiger partial charge in [0.2, 0.25) is 11.8 Å². The van der Waals surface area contributed by atoms with E-state index in [4.69, 9.17) is 4.74 Å². The third kappa shape index (κ3) is 2.49. The van der Waals surface area contributed by atoms with Crippen molar-refractivity contribution in [3.63, 3.8) is 0 Å². The highest BCUT2D eigenvalue weighted by atomic mass is 16.5. The molecule has 0 bridgehead atoms. The Hall–Kier alpha value is -2.37. The smallest absolute Gasteiger partial charge is 0.251 e. The van der Waals surface area contributed by atoms with E-state index in [9.17, 15) is 14.4 Å². The fraction of sp³-hybridized carbons (Fsp3) is 0.400. The summed E-state index contributed by atoms with van der Waals surface area (Å²) < 4.78 is 5.28. The van der Waals surface area contributed by atoms with Gasteiger partial charge in [-0.1, -0.05) is 6.07 Å². The molecule has 6 heteroatoms. The normalized spacial score (nSPS) is 18.0. The molecule has 0 aromatic heterocycles. The number of likely N-dealkylation sites (N-methyl/N-ethyl adjacent to an activating group) is 1. The van der Waals surface area contributed by atoms with Gasteiger partial charge in [-0.2, -0.15) is 0 Å². The van der Waals surface area contributed by atoms with Crippen LogP contribution in [0.4, 0.5) is 0 Å². The number of nitrogens with zero attached hydrogens (tertiary/aromatic N) is 1. The minimum Gasteiger partial charge on any atom is -0.496 e. The summed E-state index contributed by atoms with van der Waals surface area (Å²) in [7, 11) is 3.00. The van der Waals surface area contributed by atoms with E-state index in [-0.39, 0.29) is 24.1 Å². The van der Waals surface area contributed by atoms with Gasteiger partial charge in [-0.3, -0.25) is 19.3 Å². The van der Waals surface area contributed by atoms with E-state index in [0.717, 1.165) is 0 Å². The molecular formula is C15H18N2O4. The van der Waals surface area contributed by atoms with Crippen LogP contribution in [0, 0.1) is 0 Å². The highest BCUT2D eigenvalue weighted by Gasteiger charge is 2.41. The summed E-state index contributed by atoms with van der Waals surface area (Å²) in [5.74, 6) is -1.03. The zero-order chi connectivity index (χ0) is 15.6. The summed E-state index contributed by atoms with van der Waals surface area (Å²) in [4.78, 5) is 37.5. The van der Waals surface area contributed by atoms with E-state index in [1.54, 1.807) is 25.1 Å². The molecule has 1 aliphatic rings. The SMILES string of the molecule is CCN1C(=O)CC(c2c(OC)cccc2C(=O)NC)C1=O. The van der Waals surface area contributed by atoms with Crippen LogP contribution in [0.15, 0.2) is 18.2 Å². The van der Waals surface area contributed by atoms with E-state index in [1.807, 2.05) is 0 Å². The van der Waals surface area contributed by atoms with Crippen molar-refractivity contribution in [1.29, 1.82) is 0 Å². The minimum atomic E-state index is -0.666. The number of nitrogens with one attached hydrogen (secondary N) is 1. The van der Waals surface area contributed by atoms with Crippen molar-refractivity contribution in [3.8, 4) is 5.75 Å². The van der Waals surface area contributed by atoms with Crippen molar-refractivity contribution in [2.45, 2.75) is 19.3 Å². The number of imide groups is 1. The molecule has 112 valence electrons. The Morgan fingerprint density at radius 2 is 2.14 bits per heavy atom. The molecule has 0 aliphatic carbocycles. The summed E-state index contributed by atoms with van der Waals surface area (Å²) in [5.41, 5.74) is 0.842. The van der Waals surface area contributed by atoms with Crippen molar-refractivity contribution < 1.29 is 19.1 Å². The van der Waals surface area contributed by atoms with Crippen molar-refractivity contribution in [1.82, 2.24) is 10.2 Å². The number of benzene rings is 1. The molecule has 1 aromatic carbocycles. The maximum atomic E-state index is 12.4. The van der Waals surface area contributed by atoms with Crippen LogP contribution < -0.4 is 10.1 Å². The van der Waals surface area contributed by atoms with Crippen LogP contribution in [-0.4, -0.2) is 43.3 Å². The molecule has 1 atom stereocenters. The second-order valence-corrected chi connectivity index (χ2v) is 4.73. The third-order valence-electron chi connectivity index (χ3n) is 3.67. The lowest BCUT2D eigenvalue weighted by molar-refractivity contribution is -0.138. The van der Waals surface area contributed by atoms with Crippen LogP contribution in [0.3, 0.4) is 0 Å². The van der Waals surface area contributed by atoms with Gasteiger partial charge in [0.15, 0.2) is 0 Å². The molecular weight excluding hydrogens is 272 g/mol. The molecule has 0 radical (unpaired) electrons. The van der Waals surface area contributed by atoms with Gasteiger partial charge >= 0.3 is 0 Å². The first kappa shape index (κ1) is 15.0. The highest BCUT2D eigenvalue weighted by Crippen LogP contribution is 2.37. The van der Waals surface area contributed by atoms with Gasteiger partial charge < -0.3 is 10.1 Å². The molecule has 2 rings (SSSR count). The van der Waals surface area contributed by atoms with Crippen LogP contribution in [0.25, 0.3) is 0 Å². The predicted octanol–water partition coefficient (Wildman–Crippen LogP) is 0.917. The first-order chi connectivity index (χ1) is 10.0. The van der Waals surface area contributed by atoms with Crippen LogP contribution in [0.2, 0.25) is 0 Å². The van der Waals surface area contributed by atoms with E-state index >= 15 is 0 Å². The van der Waals surface area contributed by atoms with Gasteiger partial charge in [0.05, 0.1) is 13.0 Å². The van der Waals surface area contributed by atoms with Gasteiger partial charge in [-0.25, -0.2) is 0 Å². The monoisotopic (exact) mass is 290 g/mol. The molecule has 0 saturated carbocycles. The van der Waals surface area contributed by atoms with Crippen molar-refractivity contribution >= 4 is 17.7 Å². The topological polar surface area (TPSA) is 75.7 Å². The van der Waals surface area contributed by atoms with Gasteiger partial charge in [0, 0.05) is 31.1 Å². The molecule has 21 heavy (non-hydrogen) atoms. The number of hydrogen-bond acceptors (Lipinski definition) is 4. The summed E-state index contributed by atoms with van der Waals surface area (Å²) in [6, 6.07) is 5.00. The van der Waals surface area contributed by atoms with Gasteiger partial charge in [0.1, 0.15) is 5.75 Å². The molecule has 1 unspecified atom stereocenters. The molecule has 3 amide bonds. The zero-order valence-corrected chi connectivity index (χ0v) is 12.3. The second kappa shape index (κ2) is 5.95. The molecule has 1 fully saturated rings. The highest BCUT2D eigenvalue weighted by molar-refractivity contribution is 6.08. The van der Waals surface area contributed by atoms with E-state index in [0.29, 0.717) is 23.4 Å². The standard InChI is InChI=1S/C15H18N2O4/c1-4-17-12(18)8-10(15(17)20)13-9(14(19)16-2)6-5-7-11(13)21-3/h5-7,10H,4,8H2,1-3H3,(H,16,19). The van der Waals surface area contributed by atoms with Crippen LogP contribution in [-0.2, 0) is 9.59 Å². The van der Waals surface area contributed by atoms with Crippen LogP contribution in [0.5, 0.6) is 5.75 Å². The van der Waals surface area contributed by atoms with Crippen LogP contribution in [0.1, 0.15) is 35.2 Å². The van der Waals surface area contributed by atoms with E-state index in [1.165, 1.54) is 19.1 Å². The number of methoxy groups -OCH3 is 1. The molecule has 0 spiro atoms. The number of hydrogen-bond donors (Lipinski definition) is 1. The van der Waals surface area contributed by atoms with E-state index in [2.05, 4.69) is 5.32 Å². The predicted molar refractivity (Wildman–Crippen MR) is 76.1 cm³/mol. The maximum absolute atomic E-state index is 12.4. The number of likely N-dealkylation sites (tertiary alicyclic amines) is 1. The lowest BCUT2D eigenvalue weighted by Crippen LogP contribution is -2.30. The quantitative estimate of drug-likeness (QED) is 0.837. The number of carbonyl (C=O) groups is 3. The average Bonchev–Trinajstić information content (AvgIpc) is 2.79. The number of ether oxygens (including phenoxy) is 1. The zero-order valence-electron chi connectivity index (χ0n) is 12.3. The molecule has 1 heterocycles. The van der Waals surface area contributed by atoms with Crippen molar-refractivity contribution in [2.24, 2.45) is 0 Å². The first-order valence-corrected chi connectivity index (χ1v) is 6.78. The average molecular weight is 290 g/mol. The molecule has 1 N–H and O–H groups in total. The van der Waals surface area contributed by atoms with E-state index < -0.39 is 5.92 Å². The Morgan fingerprint density at radius 3 is 2.67 bits per heavy atom. The molecule has 1 aliphatic heterocycles. The minimum absolute atomic E-state index is 0.0665. The second-order valence-electron chi connectivity index (χ2n) is 4.73. The number of amides is 3. The maximum Gasteiger partial charge on any atom is 0.251 e. The summed E-state index contributed by atoms with van der Waals surface area (Å²) in [5, 5.41) is 2.54. The van der Waals surface area contributed by atoms with Crippen LogP contribution >= 0.6 is 0 Å². The Labute approximate surface area is 123 Å². The van der Waals surface area contributed by atoms with Crippen molar-refractivity contribution in [3.05, 3.63) is 29.3 Å². The first-order valence-electron chi connectivity index (χ1n) is 6.78. The summed E-state index contributed by atoms with van der Waals surface area (Å²) in [6.45, 7) is 2.08. The Morgan fingerprint density at radius 1 is 1.43 bits per heavy atom. The van der Waals surface area contributed by atoms with Gasteiger partial charge in [-0.15, -0.1) is 0 Å². The number of carbonyl (C=O) groups excluding carboxylic acids is 3. The third-order valence-corrected chi connectivity index (χ3v) is 3.67. The fourth-order valence-electron chi connectivity index (χ4n) is 2.65. The largest absolute Gasteiger partial charge is 0.496 e. The Bertz CT molecular complexity index is 597.